The van der Waals surface area contributed by atoms with Gasteiger partial charge in [-0.1, -0.05) is 19.1 Å². The van der Waals surface area contributed by atoms with Gasteiger partial charge in [0.2, 0.25) is 5.60 Å². The van der Waals surface area contributed by atoms with Crippen LogP contribution in [0, 0.1) is 0 Å². The van der Waals surface area contributed by atoms with Crippen LogP contribution in [0.4, 0.5) is 0 Å². The monoisotopic (exact) mass is 220 g/mol. The van der Waals surface area contributed by atoms with Gasteiger partial charge in [0.05, 0.1) is 7.11 Å². The zero-order chi connectivity index (χ0) is 11.3. The first kappa shape index (κ1) is 9.51. The lowest BCUT2D eigenvalue weighted by atomic mass is 9.86. The van der Waals surface area contributed by atoms with Crippen molar-refractivity contribution in [2.45, 2.75) is 25.0 Å². The Balaban J connectivity index is 2.12. The molecular weight excluding hydrogens is 208 g/mol. The first-order valence-electron chi connectivity index (χ1n) is 5.30. The van der Waals surface area contributed by atoms with Gasteiger partial charge in [-0.05, 0) is 12.5 Å². The van der Waals surface area contributed by atoms with Crippen LogP contribution in [0.5, 0.6) is 11.5 Å². The molecule has 4 nitrogen and oxygen atoms in total. The molecule has 2 unspecified atom stereocenters. The summed E-state index contributed by atoms with van der Waals surface area (Å²) in [5.41, 5.74) is 0.0950. The van der Waals surface area contributed by atoms with Crippen molar-refractivity contribution in [1.29, 1.82) is 0 Å². The Morgan fingerprint density at radius 1 is 1.50 bits per heavy atom. The normalized spacial score (nSPS) is 29.6. The van der Waals surface area contributed by atoms with Crippen LogP contribution < -0.4 is 9.47 Å². The van der Waals surface area contributed by atoms with Gasteiger partial charge in [-0.25, -0.2) is 4.79 Å². The highest BCUT2D eigenvalue weighted by Gasteiger charge is 2.65. The van der Waals surface area contributed by atoms with E-state index in [0.29, 0.717) is 17.9 Å². The summed E-state index contributed by atoms with van der Waals surface area (Å²) >= 11 is 0. The van der Waals surface area contributed by atoms with Gasteiger partial charge in [-0.2, -0.15) is 0 Å². The van der Waals surface area contributed by atoms with Gasteiger partial charge in [-0.3, -0.25) is 0 Å². The highest BCUT2D eigenvalue weighted by Crippen LogP contribution is 2.56. The Bertz CT molecular complexity index is 468. The lowest BCUT2D eigenvalue weighted by molar-refractivity contribution is -0.216. The summed E-state index contributed by atoms with van der Waals surface area (Å²) in [5, 5.41) is 0. The molecule has 3 rings (SSSR count). The molecule has 0 N–H and O–H groups in total. The molecule has 2 aliphatic heterocycles. The van der Waals surface area contributed by atoms with Gasteiger partial charge < -0.3 is 14.2 Å². The first-order valence-corrected chi connectivity index (χ1v) is 5.30. The van der Waals surface area contributed by atoms with E-state index >= 15 is 0 Å². The van der Waals surface area contributed by atoms with Crippen molar-refractivity contribution < 1.29 is 19.0 Å². The summed E-state index contributed by atoms with van der Waals surface area (Å²) in [5.74, 6) is 1.01. The number of carbonyl (C=O) groups excluding carboxylic acids is 1. The topological polar surface area (TPSA) is 44.8 Å². The van der Waals surface area contributed by atoms with Crippen LogP contribution in [0.1, 0.15) is 25.0 Å². The quantitative estimate of drug-likeness (QED) is 0.713. The fourth-order valence-electron chi connectivity index (χ4n) is 2.35. The number of fused-ring (bicyclic) bond motifs is 3. The maximum Gasteiger partial charge on any atom is 0.355 e. The summed E-state index contributed by atoms with van der Waals surface area (Å²) in [4.78, 5) is 11.5. The summed E-state index contributed by atoms with van der Waals surface area (Å²) in [6.45, 7) is 1.92. The van der Waals surface area contributed by atoms with Crippen molar-refractivity contribution >= 4 is 5.97 Å². The lowest BCUT2D eigenvalue weighted by Crippen LogP contribution is -2.57. The minimum Gasteiger partial charge on any atom is -0.493 e. The predicted molar refractivity (Wildman–Crippen MR) is 55.5 cm³/mol. The van der Waals surface area contributed by atoms with Gasteiger partial charge in [-0.15, -0.1) is 0 Å². The Labute approximate surface area is 93.1 Å². The van der Waals surface area contributed by atoms with Crippen molar-refractivity contribution in [3.63, 3.8) is 0 Å². The second-order valence-electron chi connectivity index (χ2n) is 4.01. The van der Waals surface area contributed by atoms with Crippen LogP contribution >= 0.6 is 0 Å². The maximum atomic E-state index is 11.5. The number of esters is 1. The molecule has 0 aliphatic carbocycles. The van der Waals surface area contributed by atoms with E-state index in [2.05, 4.69) is 0 Å². The molecule has 0 aromatic heterocycles. The van der Waals surface area contributed by atoms with E-state index in [9.17, 15) is 4.79 Å². The molecule has 0 spiro atoms. The number of ether oxygens (including phenoxy) is 3. The smallest absolute Gasteiger partial charge is 0.355 e. The zero-order valence-electron chi connectivity index (χ0n) is 9.15. The second kappa shape index (κ2) is 2.90. The molecule has 1 fully saturated rings. The molecule has 1 aromatic carbocycles. The van der Waals surface area contributed by atoms with E-state index < -0.39 is 5.60 Å². The standard InChI is InChI=1S/C12H12O4/c1-3-12-10(15-11(12)13)7-5-4-6-8(14-2)9(7)16-12/h4-6,10H,3H2,1-2H3. The highest BCUT2D eigenvalue weighted by molar-refractivity contribution is 5.89. The van der Waals surface area contributed by atoms with Crippen LogP contribution in [-0.4, -0.2) is 18.7 Å². The summed E-state index contributed by atoms with van der Waals surface area (Å²) in [6.07, 6.45) is 0.337. The minimum absolute atomic E-state index is 0.268. The summed E-state index contributed by atoms with van der Waals surface area (Å²) in [7, 11) is 1.58. The number of hydrogen-bond acceptors (Lipinski definition) is 4. The SMILES string of the molecule is CCC12Oc3c(OC)cccc3C1OC2=O. The van der Waals surface area contributed by atoms with Crippen LogP contribution in [0.3, 0.4) is 0 Å². The number of hydrogen-bond donors (Lipinski definition) is 0. The van der Waals surface area contributed by atoms with Gasteiger partial charge in [0.15, 0.2) is 17.6 Å². The number of carbonyl (C=O) groups is 1. The van der Waals surface area contributed by atoms with E-state index in [4.69, 9.17) is 14.2 Å². The molecule has 2 aliphatic rings. The molecular formula is C12H12O4. The van der Waals surface area contributed by atoms with Crippen LogP contribution in [0.15, 0.2) is 18.2 Å². The first-order chi connectivity index (χ1) is 7.73. The van der Waals surface area contributed by atoms with Crippen molar-refractivity contribution in [3.05, 3.63) is 23.8 Å². The third kappa shape index (κ3) is 0.876. The average molecular weight is 220 g/mol. The third-order valence-electron chi connectivity index (χ3n) is 3.32. The van der Waals surface area contributed by atoms with Crippen molar-refractivity contribution in [2.24, 2.45) is 0 Å². The summed E-state index contributed by atoms with van der Waals surface area (Å²) in [6, 6.07) is 5.60. The molecule has 2 heterocycles. The van der Waals surface area contributed by atoms with E-state index in [1.165, 1.54) is 0 Å². The lowest BCUT2D eigenvalue weighted by Gasteiger charge is -2.39. The maximum absolute atomic E-state index is 11.5. The molecule has 4 heteroatoms. The Hall–Kier alpha value is -1.71. The molecule has 1 aromatic rings. The van der Waals surface area contributed by atoms with E-state index in [1.54, 1.807) is 7.11 Å². The number of rotatable bonds is 2. The molecule has 1 saturated heterocycles. The van der Waals surface area contributed by atoms with Crippen molar-refractivity contribution in [2.75, 3.05) is 7.11 Å². The molecule has 0 bridgehead atoms. The second-order valence-corrected chi connectivity index (χ2v) is 4.01. The Morgan fingerprint density at radius 2 is 2.31 bits per heavy atom. The van der Waals surface area contributed by atoms with Crippen LogP contribution in [0.25, 0.3) is 0 Å². The molecule has 84 valence electrons. The number of methoxy groups -OCH3 is 1. The number of para-hydroxylation sites is 1. The fourth-order valence-corrected chi connectivity index (χ4v) is 2.35. The number of benzene rings is 1. The molecule has 0 amide bonds. The van der Waals surface area contributed by atoms with Crippen LogP contribution in [-0.2, 0) is 9.53 Å². The summed E-state index contributed by atoms with van der Waals surface area (Å²) < 4.78 is 16.2. The molecule has 16 heavy (non-hydrogen) atoms. The van der Waals surface area contributed by atoms with E-state index in [0.717, 1.165) is 5.56 Å². The zero-order valence-corrected chi connectivity index (χ0v) is 9.15. The van der Waals surface area contributed by atoms with Crippen molar-refractivity contribution in [1.82, 2.24) is 0 Å². The third-order valence-corrected chi connectivity index (χ3v) is 3.32. The molecule has 0 radical (unpaired) electrons. The van der Waals surface area contributed by atoms with Gasteiger partial charge in [0.25, 0.3) is 0 Å². The van der Waals surface area contributed by atoms with Gasteiger partial charge in [0, 0.05) is 5.56 Å². The van der Waals surface area contributed by atoms with Gasteiger partial charge in [0.1, 0.15) is 0 Å². The fraction of sp³-hybridized carbons (Fsp3) is 0.417. The highest BCUT2D eigenvalue weighted by atomic mass is 16.7. The average Bonchev–Trinajstić information content (AvgIpc) is 2.58. The van der Waals surface area contributed by atoms with Crippen LogP contribution in [0.2, 0.25) is 0 Å². The van der Waals surface area contributed by atoms with Crippen molar-refractivity contribution in [3.8, 4) is 11.5 Å². The molecule has 2 atom stereocenters. The predicted octanol–water partition coefficient (Wildman–Crippen LogP) is 1.83. The van der Waals surface area contributed by atoms with Gasteiger partial charge >= 0.3 is 5.97 Å². The molecule has 0 saturated carbocycles. The Morgan fingerprint density at radius 3 is 2.94 bits per heavy atom. The minimum atomic E-state index is -0.809. The largest absolute Gasteiger partial charge is 0.493 e. The Kier molecular flexibility index (Phi) is 1.73. The van der Waals surface area contributed by atoms with E-state index in [-0.39, 0.29) is 12.1 Å². The van der Waals surface area contributed by atoms with E-state index in [1.807, 2.05) is 25.1 Å².